The third kappa shape index (κ3) is 3.33. The molecule has 1 saturated heterocycles. The Labute approximate surface area is 104 Å². The van der Waals surface area contributed by atoms with Gasteiger partial charge in [-0.3, -0.25) is 4.90 Å². The molecular formula is C14H24N2O. The standard InChI is InChI=1S/C14H24N2O/c1-12(10-14-7-5-9-17-14)16-8-4-3-6-13(16)11-15-2/h5,7,9,12-13,15H,3-4,6,8,10-11H2,1-2H3. The fourth-order valence-electron chi connectivity index (χ4n) is 2.90. The van der Waals surface area contributed by atoms with Crippen molar-refractivity contribution in [2.24, 2.45) is 0 Å². The Morgan fingerprint density at radius 2 is 2.41 bits per heavy atom. The third-order valence-corrected chi connectivity index (χ3v) is 3.76. The van der Waals surface area contributed by atoms with E-state index in [2.05, 4.69) is 23.2 Å². The minimum Gasteiger partial charge on any atom is -0.469 e. The van der Waals surface area contributed by atoms with Crippen LogP contribution in [0, 0.1) is 0 Å². The molecular weight excluding hydrogens is 212 g/mol. The van der Waals surface area contributed by atoms with Gasteiger partial charge in [-0.25, -0.2) is 0 Å². The highest BCUT2D eigenvalue weighted by atomic mass is 16.3. The first-order valence-electron chi connectivity index (χ1n) is 6.74. The van der Waals surface area contributed by atoms with Crippen LogP contribution in [0.3, 0.4) is 0 Å². The Kier molecular flexibility index (Phi) is 4.63. The van der Waals surface area contributed by atoms with Crippen molar-refractivity contribution in [1.82, 2.24) is 10.2 Å². The number of hydrogen-bond acceptors (Lipinski definition) is 3. The minimum absolute atomic E-state index is 0.569. The Morgan fingerprint density at radius 1 is 1.53 bits per heavy atom. The van der Waals surface area contributed by atoms with Crippen molar-refractivity contribution in [3.05, 3.63) is 24.2 Å². The molecule has 0 amide bonds. The van der Waals surface area contributed by atoms with Crippen LogP contribution in [0.5, 0.6) is 0 Å². The molecule has 1 N–H and O–H groups in total. The molecule has 0 aliphatic carbocycles. The molecule has 0 saturated carbocycles. The molecule has 1 aliphatic rings. The lowest BCUT2D eigenvalue weighted by molar-refractivity contribution is 0.100. The molecule has 1 fully saturated rings. The van der Waals surface area contributed by atoms with Gasteiger partial charge in [-0.15, -0.1) is 0 Å². The molecule has 0 bridgehead atoms. The molecule has 0 aromatic carbocycles. The van der Waals surface area contributed by atoms with E-state index >= 15 is 0 Å². The van der Waals surface area contributed by atoms with Crippen molar-refractivity contribution in [3.63, 3.8) is 0 Å². The fourth-order valence-corrected chi connectivity index (χ4v) is 2.90. The second-order valence-corrected chi connectivity index (χ2v) is 5.08. The van der Waals surface area contributed by atoms with Crippen molar-refractivity contribution in [2.45, 2.75) is 44.7 Å². The molecule has 2 rings (SSSR count). The van der Waals surface area contributed by atoms with Crippen molar-refractivity contribution < 1.29 is 4.42 Å². The summed E-state index contributed by atoms with van der Waals surface area (Å²) in [4.78, 5) is 2.64. The summed E-state index contributed by atoms with van der Waals surface area (Å²) in [6, 6.07) is 5.31. The normalized spacial score (nSPS) is 23.8. The predicted octanol–water partition coefficient (Wildman–Crippen LogP) is 2.28. The summed E-state index contributed by atoms with van der Waals surface area (Å²) < 4.78 is 5.45. The summed E-state index contributed by atoms with van der Waals surface area (Å²) in [6.45, 7) is 4.65. The minimum atomic E-state index is 0.569. The third-order valence-electron chi connectivity index (χ3n) is 3.76. The highest BCUT2D eigenvalue weighted by Crippen LogP contribution is 2.21. The van der Waals surface area contributed by atoms with Crippen LogP contribution in [0.2, 0.25) is 0 Å². The molecule has 2 heterocycles. The van der Waals surface area contributed by atoms with Gasteiger partial charge in [-0.05, 0) is 45.5 Å². The van der Waals surface area contributed by atoms with Crippen LogP contribution < -0.4 is 5.32 Å². The van der Waals surface area contributed by atoms with Crippen molar-refractivity contribution >= 4 is 0 Å². The summed E-state index contributed by atoms with van der Waals surface area (Å²) in [5.41, 5.74) is 0. The van der Waals surface area contributed by atoms with Crippen LogP contribution in [0.15, 0.2) is 22.8 Å². The summed E-state index contributed by atoms with van der Waals surface area (Å²) in [5, 5.41) is 3.32. The average Bonchev–Trinajstić information content (AvgIpc) is 2.83. The second-order valence-electron chi connectivity index (χ2n) is 5.08. The molecule has 1 aromatic rings. The Balaban J connectivity index is 1.93. The molecule has 2 atom stereocenters. The second kappa shape index (κ2) is 6.22. The van der Waals surface area contributed by atoms with E-state index in [1.807, 2.05) is 13.1 Å². The highest BCUT2D eigenvalue weighted by molar-refractivity contribution is 5.01. The van der Waals surface area contributed by atoms with Crippen LogP contribution in [0.1, 0.15) is 31.9 Å². The van der Waals surface area contributed by atoms with Crippen LogP contribution in [0.4, 0.5) is 0 Å². The van der Waals surface area contributed by atoms with E-state index in [0.29, 0.717) is 12.1 Å². The quantitative estimate of drug-likeness (QED) is 0.850. The Hall–Kier alpha value is -0.800. The van der Waals surface area contributed by atoms with Crippen molar-refractivity contribution in [3.8, 4) is 0 Å². The zero-order valence-corrected chi connectivity index (χ0v) is 11.0. The fraction of sp³-hybridized carbons (Fsp3) is 0.714. The lowest BCUT2D eigenvalue weighted by Gasteiger charge is -2.39. The molecule has 96 valence electrons. The summed E-state index contributed by atoms with van der Waals surface area (Å²) in [7, 11) is 2.05. The largest absolute Gasteiger partial charge is 0.469 e. The van der Waals surface area contributed by atoms with Crippen molar-refractivity contribution in [2.75, 3.05) is 20.1 Å². The number of nitrogens with zero attached hydrogens (tertiary/aromatic N) is 1. The zero-order chi connectivity index (χ0) is 12.1. The number of rotatable bonds is 5. The molecule has 0 spiro atoms. The van der Waals surface area contributed by atoms with Gasteiger partial charge in [0.1, 0.15) is 5.76 Å². The van der Waals surface area contributed by atoms with Gasteiger partial charge in [-0.1, -0.05) is 6.42 Å². The maximum atomic E-state index is 5.45. The first-order chi connectivity index (χ1) is 8.31. The molecule has 3 heteroatoms. The van der Waals surface area contributed by atoms with E-state index < -0.39 is 0 Å². The van der Waals surface area contributed by atoms with E-state index in [1.165, 1.54) is 25.8 Å². The molecule has 17 heavy (non-hydrogen) atoms. The average molecular weight is 236 g/mol. The van der Waals surface area contributed by atoms with Gasteiger partial charge < -0.3 is 9.73 Å². The maximum Gasteiger partial charge on any atom is 0.105 e. The molecule has 3 nitrogen and oxygen atoms in total. The Bertz CT molecular complexity index is 308. The van der Waals surface area contributed by atoms with Crippen LogP contribution in [-0.4, -0.2) is 37.1 Å². The SMILES string of the molecule is CNCC1CCCCN1C(C)Cc1ccco1. The van der Waals surface area contributed by atoms with Crippen LogP contribution in [-0.2, 0) is 6.42 Å². The highest BCUT2D eigenvalue weighted by Gasteiger charge is 2.26. The van der Waals surface area contributed by atoms with E-state index in [-0.39, 0.29) is 0 Å². The van der Waals surface area contributed by atoms with Crippen LogP contribution in [0.25, 0.3) is 0 Å². The van der Waals surface area contributed by atoms with E-state index in [9.17, 15) is 0 Å². The number of furan rings is 1. The number of likely N-dealkylation sites (N-methyl/N-ethyl adjacent to an activating group) is 1. The van der Waals surface area contributed by atoms with Gasteiger partial charge in [0.2, 0.25) is 0 Å². The summed E-state index contributed by atoms with van der Waals surface area (Å²) in [5.74, 6) is 1.10. The van der Waals surface area contributed by atoms with Crippen molar-refractivity contribution in [1.29, 1.82) is 0 Å². The van der Waals surface area contributed by atoms with Crippen LogP contribution >= 0.6 is 0 Å². The summed E-state index contributed by atoms with van der Waals surface area (Å²) in [6.07, 6.45) is 6.82. The number of likely N-dealkylation sites (tertiary alicyclic amines) is 1. The monoisotopic (exact) mass is 236 g/mol. The lowest BCUT2D eigenvalue weighted by Crippen LogP contribution is -2.49. The van der Waals surface area contributed by atoms with Gasteiger partial charge in [0.05, 0.1) is 6.26 Å². The van der Waals surface area contributed by atoms with E-state index in [0.717, 1.165) is 18.7 Å². The van der Waals surface area contributed by atoms with Gasteiger partial charge in [0.25, 0.3) is 0 Å². The molecule has 1 aliphatic heterocycles. The lowest BCUT2D eigenvalue weighted by atomic mass is 9.98. The number of nitrogens with one attached hydrogen (secondary N) is 1. The molecule has 0 radical (unpaired) electrons. The zero-order valence-electron chi connectivity index (χ0n) is 11.0. The van der Waals surface area contributed by atoms with Gasteiger partial charge in [0, 0.05) is 25.0 Å². The molecule has 2 unspecified atom stereocenters. The van der Waals surface area contributed by atoms with E-state index in [4.69, 9.17) is 4.42 Å². The first kappa shape index (κ1) is 12.7. The Morgan fingerprint density at radius 3 is 3.12 bits per heavy atom. The predicted molar refractivity (Wildman–Crippen MR) is 70.1 cm³/mol. The van der Waals surface area contributed by atoms with Gasteiger partial charge in [-0.2, -0.15) is 0 Å². The number of hydrogen-bond donors (Lipinski definition) is 1. The maximum absolute atomic E-state index is 5.45. The summed E-state index contributed by atoms with van der Waals surface area (Å²) >= 11 is 0. The first-order valence-corrected chi connectivity index (χ1v) is 6.74. The van der Waals surface area contributed by atoms with Gasteiger partial charge >= 0.3 is 0 Å². The molecule has 1 aromatic heterocycles. The smallest absolute Gasteiger partial charge is 0.105 e. The topological polar surface area (TPSA) is 28.4 Å². The number of piperidine rings is 1. The van der Waals surface area contributed by atoms with Gasteiger partial charge in [0.15, 0.2) is 0 Å². The van der Waals surface area contributed by atoms with E-state index in [1.54, 1.807) is 6.26 Å².